The number of nitrogens with zero attached hydrogens (tertiary/aromatic N) is 1. The van der Waals surface area contributed by atoms with Crippen LogP contribution >= 0.6 is 11.6 Å². The first kappa shape index (κ1) is 19.9. The number of rotatable bonds is 6. The van der Waals surface area contributed by atoms with Crippen LogP contribution in [0.4, 0.5) is 0 Å². The largest absolute Gasteiger partial charge is 0.352 e. The molecule has 0 spiro atoms. The van der Waals surface area contributed by atoms with Gasteiger partial charge in [0.2, 0.25) is 15.9 Å². The highest BCUT2D eigenvalue weighted by Gasteiger charge is 2.32. The lowest BCUT2D eigenvalue weighted by Gasteiger charge is -2.31. The molecular formula is C20H23ClN2O3S. The van der Waals surface area contributed by atoms with Crippen LogP contribution in [0.1, 0.15) is 24.0 Å². The Morgan fingerprint density at radius 3 is 2.56 bits per heavy atom. The van der Waals surface area contributed by atoms with Crippen molar-refractivity contribution in [2.24, 2.45) is 5.92 Å². The maximum Gasteiger partial charge on any atom is 0.224 e. The smallest absolute Gasteiger partial charge is 0.224 e. The molecule has 0 unspecified atom stereocenters. The Morgan fingerprint density at radius 1 is 1.11 bits per heavy atom. The maximum absolute atomic E-state index is 12.8. The van der Waals surface area contributed by atoms with E-state index >= 15 is 0 Å². The molecule has 144 valence electrons. The van der Waals surface area contributed by atoms with Gasteiger partial charge in [-0.05, 0) is 30.0 Å². The number of carbonyl (C=O) groups excluding carboxylic acids is 1. The molecule has 1 atom stereocenters. The summed E-state index contributed by atoms with van der Waals surface area (Å²) in [6.45, 7) is 1.10. The van der Waals surface area contributed by atoms with Gasteiger partial charge in [-0.15, -0.1) is 0 Å². The number of benzene rings is 2. The number of hydrogen-bond donors (Lipinski definition) is 1. The minimum absolute atomic E-state index is 0.100. The van der Waals surface area contributed by atoms with Gasteiger partial charge in [-0.25, -0.2) is 12.7 Å². The van der Waals surface area contributed by atoms with Gasteiger partial charge in [0, 0.05) is 24.7 Å². The first-order chi connectivity index (χ1) is 13.0. The van der Waals surface area contributed by atoms with Crippen LogP contribution in [0.5, 0.6) is 0 Å². The summed E-state index contributed by atoms with van der Waals surface area (Å²) in [6.07, 6.45) is 1.36. The lowest BCUT2D eigenvalue weighted by molar-refractivity contribution is -0.126. The van der Waals surface area contributed by atoms with Crippen molar-refractivity contribution in [3.8, 4) is 0 Å². The number of sulfonamides is 1. The zero-order valence-electron chi connectivity index (χ0n) is 15.0. The van der Waals surface area contributed by atoms with Crippen LogP contribution in [0, 0.1) is 5.92 Å². The minimum atomic E-state index is -3.52. The molecule has 27 heavy (non-hydrogen) atoms. The fourth-order valence-electron chi connectivity index (χ4n) is 3.24. The van der Waals surface area contributed by atoms with E-state index in [1.807, 2.05) is 30.3 Å². The predicted molar refractivity (Wildman–Crippen MR) is 107 cm³/mol. The molecule has 1 amide bonds. The second-order valence-corrected chi connectivity index (χ2v) is 9.12. The minimum Gasteiger partial charge on any atom is -0.352 e. The number of hydrogen-bond acceptors (Lipinski definition) is 3. The van der Waals surface area contributed by atoms with Crippen LogP contribution in [0.15, 0.2) is 54.6 Å². The molecule has 0 radical (unpaired) electrons. The van der Waals surface area contributed by atoms with Crippen LogP contribution < -0.4 is 5.32 Å². The highest BCUT2D eigenvalue weighted by molar-refractivity contribution is 7.88. The van der Waals surface area contributed by atoms with E-state index in [-0.39, 0.29) is 24.1 Å². The van der Waals surface area contributed by atoms with Gasteiger partial charge in [0.25, 0.3) is 0 Å². The van der Waals surface area contributed by atoms with E-state index < -0.39 is 10.0 Å². The Labute approximate surface area is 165 Å². The topological polar surface area (TPSA) is 66.5 Å². The SMILES string of the molecule is O=C(NCc1ccccc1)[C@@H]1CCCN(S(=O)(=O)Cc2ccccc2Cl)C1. The monoisotopic (exact) mass is 406 g/mol. The molecule has 2 aromatic rings. The normalized spacial score (nSPS) is 18.2. The third-order valence-electron chi connectivity index (χ3n) is 4.75. The van der Waals surface area contributed by atoms with E-state index in [1.165, 1.54) is 4.31 Å². The Morgan fingerprint density at radius 2 is 1.81 bits per heavy atom. The summed E-state index contributed by atoms with van der Waals surface area (Å²) >= 11 is 6.10. The molecule has 1 saturated heterocycles. The summed E-state index contributed by atoms with van der Waals surface area (Å²) in [5, 5.41) is 3.36. The fourth-order valence-corrected chi connectivity index (χ4v) is 5.17. The van der Waals surface area contributed by atoms with Crippen LogP contribution in [0.3, 0.4) is 0 Å². The van der Waals surface area contributed by atoms with Gasteiger partial charge in [0.05, 0.1) is 11.7 Å². The fraction of sp³-hybridized carbons (Fsp3) is 0.350. The number of carbonyl (C=O) groups is 1. The predicted octanol–water partition coefficient (Wildman–Crippen LogP) is 3.20. The van der Waals surface area contributed by atoms with Crippen LogP contribution in [-0.4, -0.2) is 31.7 Å². The maximum atomic E-state index is 12.8. The Balaban J connectivity index is 1.61. The lowest BCUT2D eigenvalue weighted by atomic mass is 9.99. The van der Waals surface area contributed by atoms with Gasteiger partial charge in [-0.1, -0.05) is 60.1 Å². The van der Waals surface area contributed by atoms with E-state index in [0.717, 1.165) is 5.56 Å². The molecular weight excluding hydrogens is 384 g/mol. The molecule has 0 saturated carbocycles. The van der Waals surface area contributed by atoms with Gasteiger partial charge < -0.3 is 5.32 Å². The molecule has 0 aliphatic carbocycles. The molecule has 5 nitrogen and oxygen atoms in total. The van der Waals surface area contributed by atoms with Crippen LogP contribution in [-0.2, 0) is 27.1 Å². The van der Waals surface area contributed by atoms with Gasteiger partial charge >= 0.3 is 0 Å². The van der Waals surface area contributed by atoms with Crippen molar-refractivity contribution in [3.05, 3.63) is 70.7 Å². The number of nitrogens with one attached hydrogen (secondary N) is 1. The molecule has 1 heterocycles. The van der Waals surface area contributed by atoms with Gasteiger partial charge in [0.15, 0.2) is 0 Å². The molecule has 1 aliphatic rings. The Kier molecular flexibility index (Phi) is 6.52. The number of piperidine rings is 1. The molecule has 1 aliphatic heterocycles. The third kappa shape index (κ3) is 5.31. The van der Waals surface area contributed by atoms with Crippen molar-refractivity contribution in [1.29, 1.82) is 0 Å². The zero-order chi connectivity index (χ0) is 19.3. The molecule has 1 N–H and O–H groups in total. The highest BCUT2D eigenvalue weighted by atomic mass is 35.5. The van der Waals surface area contributed by atoms with Crippen molar-refractivity contribution < 1.29 is 13.2 Å². The molecule has 2 aromatic carbocycles. The molecule has 7 heteroatoms. The van der Waals surface area contributed by atoms with E-state index in [2.05, 4.69) is 5.32 Å². The average molecular weight is 407 g/mol. The lowest BCUT2D eigenvalue weighted by Crippen LogP contribution is -2.45. The second kappa shape index (κ2) is 8.87. The standard InChI is InChI=1S/C20H23ClN2O3S/c21-19-11-5-4-9-18(19)15-27(25,26)23-12-6-10-17(14-23)20(24)22-13-16-7-2-1-3-8-16/h1-5,7-9,11,17H,6,10,12-15H2,(H,22,24)/t17-/m1/s1. The van der Waals surface area contributed by atoms with Gasteiger partial charge in [-0.2, -0.15) is 0 Å². The van der Waals surface area contributed by atoms with Crippen molar-refractivity contribution in [2.45, 2.75) is 25.1 Å². The number of halogens is 1. The molecule has 1 fully saturated rings. The molecule has 0 bridgehead atoms. The van der Waals surface area contributed by atoms with Crippen LogP contribution in [0.25, 0.3) is 0 Å². The van der Waals surface area contributed by atoms with E-state index in [4.69, 9.17) is 11.6 Å². The summed E-state index contributed by atoms with van der Waals surface area (Å²) in [5.41, 5.74) is 1.60. The van der Waals surface area contributed by atoms with Gasteiger partial charge in [0.1, 0.15) is 0 Å². The number of amides is 1. The van der Waals surface area contributed by atoms with Crippen molar-refractivity contribution in [3.63, 3.8) is 0 Å². The molecule has 0 aromatic heterocycles. The van der Waals surface area contributed by atoms with E-state index in [9.17, 15) is 13.2 Å². The summed E-state index contributed by atoms with van der Waals surface area (Å²) in [4.78, 5) is 12.5. The third-order valence-corrected chi connectivity index (χ3v) is 6.92. The van der Waals surface area contributed by atoms with Crippen molar-refractivity contribution >= 4 is 27.5 Å². The Hall–Kier alpha value is -1.89. The highest BCUT2D eigenvalue weighted by Crippen LogP contribution is 2.24. The van der Waals surface area contributed by atoms with Gasteiger partial charge in [-0.3, -0.25) is 4.79 Å². The van der Waals surface area contributed by atoms with E-state index in [1.54, 1.807) is 24.3 Å². The quantitative estimate of drug-likeness (QED) is 0.801. The summed E-state index contributed by atoms with van der Waals surface area (Å²) in [6, 6.07) is 16.6. The van der Waals surface area contributed by atoms with Crippen LogP contribution in [0.2, 0.25) is 5.02 Å². The summed E-state index contributed by atoms with van der Waals surface area (Å²) < 4.78 is 27.0. The summed E-state index contributed by atoms with van der Waals surface area (Å²) in [7, 11) is -3.52. The Bertz CT molecular complexity index is 887. The average Bonchev–Trinajstić information content (AvgIpc) is 2.69. The van der Waals surface area contributed by atoms with E-state index in [0.29, 0.717) is 36.5 Å². The first-order valence-corrected chi connectivity index (χ1v) is 11.0. The first-order valence-electron chi connectivity index (χ1n) is 8.98. The van der Waals surface area contributed by atoms with Crippen molar-refractivity contribution in [2.75, 3.05) is 13.1 Å². The second-order valence-electron chi connectivity index (χ2n) is 6.75. The van der Waals surface area contributed by atoms with Crippen molar-refractivity contribution in [1.82, 2.24) is 9.62 Å². The zero-order valence-corrected chi connectivity index (χ0v) is 16.5. The summed E-state index contributed by atoms with van der Waals surface area (Å²) in [5.74, 6) is -0.578. The molecule has 3 rings (SSSR count).